The van der Waals surface area contributed by atoms with Crippen LogP contribution in [0.2, 0.25) is 0 Å². The predicted molar refractivity (Wildman–Crippen MR) is 55.1 cm³/mol. The van der Waals surface area contributed by atoms with Crippen LogP contribution in [0, 0.1) is 5.41 Å². The molecule has 0 spiro atoms. The molecule has 15 heavy (non-hydrogen) atoms. The summed E-state index contributed by atoms with van der Waals surface area (Å²) >= 11 is 0. The van der Waals surface area contributed by atoms with Crippen molar-refractivity contribution in [1.82, 2.24) is 0 Å². The van der Waals surface area contributed by atoms with Crippen LogP contribution in [-0.4, -0.2) is 30.3 Å². The number of carbonyl (C=O) groups is 2. The van der Waals surface area contributed by atoms with Gasteiger partial charge in [0.15, 0.2) is 0 Å². The lowest BCUT2D eigenvalue weighted by Crippen LogP contribution is -2.33. The molecule has 6 heteroatoms. The molecular formula is C9H16O5S. The van der Waals surface area contributed by atoms with Gasteiger partial charge in [0, 0.05) is 0 Å². The van der Waals surface area contributed by atoms with Crippen LogP contribution in [0.3, 0.4) is 0 Å². The van der Waals surface area contributed by atoms with E-state index >= 15 is 0 Å². The second-order valence-corrected chi connectivity index (χ2v) is 5.41. The molecule has 0 aliphatic heterocycles. The summed E-state index contributed by atoms with van der Waals surface area (Å²) in [5, 5.41) is 0. The zero-order chi connectivity index (χ0) is 12.3. The number of hydrogen-bond acceptors (Lipinski definition) is 4. The van der Waals surface area contributed by atoms with E-state index in [4.69, 9.17) is 4.55 Å². The van der Waals surface area contributed by atoms with Crippen LogP contribution in [0.15, 0.2) is 0 Å². The molecule has 0 heterocycles. The lowest BCUT2D eigenvalue weighted by Gasteiger charge is -2.22. The van der Waals surface area contributed by atoms with E-state index in [1.54, 1.807) is 0 Å². The van der Waals surface area contributed by atoms with Crippen molar-refractivity contribution in [2.45, 2.75) is 33.6 Å². The average molecular weight is 236 g/mol. The molecule has 0 aliphatic carbocycles. The molecule has 88 valence electrons. The molecule has 0 unspecified atom stereocenters. The minimum absolute atomic E-state index is 0.0918. The molecule has 5 nitrogen and oxygen atoms in total. The van der Waals surface area contributed by atoms with Gasteiger partial charge in [0.2, 0.25) is 0 Å². The summed E-state index contributed by atoms with van der Waals surface area (Å²) in [6, 6.07) is 0. The Bertz CT molecular complexity index is 341. The molecule has 1 N–H and O–H groups in total. The fourth-order valence-electron chi connectivity index (χ4n) is 1.21. The number of Topliss-reactive ketones (excluding diaryl/α,β-unsaturated/α-hetero) is 2. The molecule has 0 aromatic carbocycles. The number of carbonyl (C=O) groups excluding carboxylic acids is 2. The first-order valence-corrected chi connectivity index (χ1v) is 6.18. The molecule has 0 aliphatic rings. The van der Waals surface area contributed by atoms with Crippen LogP contribution in [0.25, 0.3) is 0 Å². The van der Waals surface area contributed by atoms with E-state index in [1.165, 1.54) is 20.8 Å². The Kier molecular flexibility index (Phi) is 4.61. The second-order valence-electron chi connectivity index (χ2n) is 3.83. The maximum absolute atomic E-state index is 11.2. The SMILES string of the molecule is CC(=O)C(C)(CCCS(=O)(=O)O)C(C)=O. The third-order valence-electron chi connectivity index (χ3n) is 2.63. The lowest BCUT2D eigenvalue weighted by atomic mass is 9.78. The van der Waals surface area contributed by atoms with Gasteiger partial charge in [-0.1, -0.05) is 0 Å². The van der Waals surface area contributed by atoms with Gasteiger partial charge in [0.25, 0.3) is 10.1 Å². The Hall–Kier alpha value is -0.750. The number of ketones is 2. The van der Waals surface area contributed by atoms with Gasteiger partial charge in [0.05, 0.1) is 11.2 Å². The molecule has 0 rings (SSSR count). The summed E-state index contributed by atoms with van der Waals surface area (Å²) in [5.41, 5.74) is -1.13. The molecule has 0 fully saturated rings. The Labute approximate surface area is 89.6 Å². The summed E-state index contributed by atoms with van der Waals surface area (Å²) in [4.78, 5) is 22.5. The quantitative estimate of drug-likeness (QED) is 0.545. The van der Waals surface area contributed by atoms with E-state index in [9.17, 15) is 18.0 Å². The molecule has 0 atom stereocenters. The summed E-state index contributed by atoms with van der Waals surface area (Å²) < 4.78 is 29.4. The van der Waals surface area contributed by atoms with Crippen LogP contribution in [0.1, 0.15) is 33.6 Å². The third kappa shape index (κ3) is 4.53. The van der Waals surface area contributed by atoms with Gasteiger partial charge in [-0.3, -0.25) is 14.1 Å². The van der Waals surface area contributed by atoms with Crippen molar-refractivity contribution in [3.05, 3.63) is 0 Å². The number of hydrogen-bond donors (Lipinski definition) is 1. The lowest BCUT2D eigenvalue weighted by molar-refractivity contribution is -0.137. The van der Waals surface area contributed by atoms with Gasteiger partial charge in [0.1, 0.15) is 11.6 Å². The van der Waals surface area contributed by atoms with Gasteiger partial charge in [-0.15, -0.1) is 0 Å². The highest BCUT2D eigenvalue weighted by atomic mass is 32.2. The van der Waals surface area contributed by atoms with Gasteiger partial charge < -0.3 is 0 Å². The standard InChI is InChI=1S/C9H16O5S/c1-7(10)9(3,8(2)11)5-4-6-15(12,13)14/h4-6H2,1-3H3,(H,12,13,14). The van der Waals surface area contributed by atoms with Crippen molar-refractivity contribution in [1.29, 1.82) is 0 Å². The van der Waals surface area contributed by atoms with Gasteiger partial charge in [-0.25, -0.2) is 0 Å². The summed E-state index contributed by atoms with van der Waals surface area (Å²) in [7, 11) is -4.02. The van der Waals surface area contributed by atoms with E-state index < -0.39 is 21.3 Å². The van der Waals surface area contributed by atoms with Crippen molar-refractivity contribution >= 4 is 21.7 Å². The highest BCUT2D eigenvalue weighted by Crippen LogP contribution is 2.25. The van der Waals surface area contributed by atoms with E-state index in [2.05, 4.69) is 0 Å². The van der Waals surface area contributed by atoms with E-state index in [0.29, 0.717) is 0 Å². The first-order chi connectivity index (χ1) is 6.59. The Morgan fingerprint density at radius 3 is 1.87 bits per heavy atom. The van der Waals surface area contributed by atoms with Gasteiger partial charge in [-0.2, -0.15) is 8.42 Å². The third-order valence-corrected chi connectivity index (χ3v) is 3.44. The molecule has 0 bridgehead atoms. The molecular weight excluding hydrogens is 220 g/mol. The monoisotopic (exact) mass is 236 g/mol. The molecule has 0 saturated carbocycles. The van der Waals surface area contributed by atoms with E-state index in [-0.39, 0.29) is 24.4 Å². The van der Waals surface area contributed by atoms with Crippen LogP contribution < -0.4 is 0 Å². The minimum atomic E-state index is -4.02. The van der Waals surface area contributed by atoms with Crippen molar-refractivity contribution in [3.63, 3.8) is 0 Å². The Balaban J connectivity index is 4.47. The predicted octanol–water partition coefficient (Wildman–Crippen LogP) is 0.839. The molecule has 0 aromatic heterocycles. The normalized spacial score (nSPS) is 12.5. The molecule has 0 saturated heterocycles. The van der Waals surface area contributed by atoms with E-state index in [1.807, 2.05) is 0 Å². The molecule has 0 radical (unpaired) electrons. The maximum atomic E-state index is 11.2. The van der Waals surface area contributed by atoms with Gasteiger partial charge >= 0.3 is 0 Å². The summed E-state index contributed by atoms with van der Waals surface area (Å²) in [6.07, 6.45) is 0.228. The van der Waals surface area contributed by atoms with E-state index in [0.717, 1.165) is 0 Å². The fraction of sp³-hybridized carbons (Fsp3) is 0.778. The smallest absolute Gasteiger partial charge is 0.264 e. The van der Waals surface area contributed by atoms with Crippen LogP contribution >= 0.6 is 0 Å². The Morgan fingerprint density at radius 1 is 1.20 bits per heavy atom. The minimum Gasteiger partial charge on any atom is -0.299 e. The highest BCUT2D eigenvalue weighted by molar-refractivity contribution is 7.85. The topological polar surface area (TPSA) is 88.5 Å². The zero-order valence-corrected chi connectivity index (χ0v) is 9.93. The van der Waals surface area contributed by atoms with Crippen molar-refractivity contribution in [3.8, 4) is 0 Å². The zero-order valence-electron chi connectivity index (χ0n) is 9.11. The highest BCUT2D eigenvalue weighted by Gasteiger charge is 2.34. The van der Waals surface area contributed by atoms with Crippen LogP contribution in [0.4, 0.5) is 0 Å². The second kappa shape index (κ2) is 4.85. The average Bonchev–Trinajstić information content (AvgIpc) is 2.00. The summed E-state index contributed by atoms with van der Waals surface area (Å²) in [6.45, 7) is 4.09. The molecule has 0 aromatic rings. The first-order valence-electron chi connectivity index (χ1n) is 4.57. The van der Waals surface area contributed by atoms with Crippen molar-refractivity contribution < 1.29 is 22.6 Å². The van der Waals surface area contributed by atoms with Crippen LogP contribution in [-0.2, 0) is 19.7 Å². The van der Waals surface area contributed by atoms with Gasteiger partial charge in [-0.05, 0) is 33.6 Å². The fourth-order valence-corrected chi connectivity index (χ4v) is 1.72. The first kappa shape index (κ1) is 14.2. The van der Waals surface area contributed by atoms with Crippen molar-refractivity contribution in [2.24, 2.45) is 5.41 Å². The van der Waals surface area contributed by atoms with Crippen molar-refractivity contribution in [2.75, 3.05) is 5.75 Å². The largest absolute Gasteiger partial charge is 0.299 e. The van der Waals surface area contributed by atoms with Crippen LogP contribution in [0.5, 0.6) is 0 Å². The Morgan fingerprint density at radius 2 is 1.60 bits per heavy atom. The maximum Gasteiger partial charge on any atom is 0.264 e. The molecule has 0 amide bonds. The number of rotatable bonds is 6. The summed E-state index contributed by atoms with van der Waals surface area (Å²) in [5.74, 6) is -1.00.